The van der Waals surface area contributed by atoms with Gasteiger partial charge in [-0.1, -0.05) is 56.3 Å². The molecule has 2 aromatic rings. The molecule has 0 unspecified atom stereocenters. The number of ketones is 1. The predicted octanol–water partition coefficient (Wildman–Crippen LogP) is 3.83. The summed E-state index contributed by atoms with van der Waals surface area (Å²) in [5.41, 5.74) is 2.50. The zero-order valence-electron chi connectivity index (χ0n) is 16.7. The van der Waals surface area contributed by atoms with Gasteiger partial charge in [0, 0.05) is 31.9 Å². The van der Waals surface area contributed by atoms with E-state index in [0.717, 1.165) is 11.3 Å². The molecule has 1 aliphatic heterocycles. The molecule has 1 aliphatic rings. The van der Waals surface area contributed by atoms with E-state index in [-0.39, 0.29) is 17.3 Å². The predicted molar refractivity (Wildman–Crippen MR) is 111 cm³/mol. The van der Waals surface area contributed by atoms with E-state index in [9.17, 15) is 14.7 Å². The van der Waals surface area contributed by atoms with Crippen LogP contribution in [0.4, 0.5) is 5.69 Å². The first kappa shape index (κ1) is 19.7. The van der Waals surface area contributed by atoms with E-state index in [1.807, 2.05) is 63.2 Å². The summed E-state index contributed by atoms with van der Waals surface area (Å²) in [5.74, 6) is -1.14. The molecule has 0 bridgehead atoms. The summed E-state index contributed by atoms with van der Waals surface area (Å²) in [6, 6.07) is 16.0. The van der Waals surface area contributed by atoms with Gasteiger partial charge in [0.05, 0.1) is 11.6 Å². The van der Waals surface area contributed by atoms with Crippen LogP contribution in [0.5, 0.6) is 0 Å². The second kappa shape index (κ2) is 7.89. The van der Waals surface area contributed by atoms with Crippen molar-refractivity contribution in [3.05, 3.63) is 71.3 Å². The maximum atomic E-state index is 12.9. The van der Waals surface area contributed by atoms with Crippen LogP contribution in [0.15, 0.2) is 60.2 Å². The van der Waals surface area contributed by atoms with Gasteiger partial charge < -0.3 is 14.9 Å². The Kier molecular flexibility index (Phi) is 5.54. The normalized spacial score (nSPS) is 18.8. The Labute approximate surface area is 165 Å². The summed E-state index contributed by atoms with van der Waals surface area (Å²) in [6.07, 6.45) is 0. The summed E-state index contributed by atoms with van der Waals surface area (Å²) in [7, 11) is 3.91. The summed E-state index contributed by atoms with van der Waals surface area (Å²) in [4.78, 5) is 29.2. The highest BCUT2D eigenvalue weighted by Crippen LogP contribution is 2.40. The molecule has 0 aromatic heterocycles. The van der Waals surface area contributed by atoms with Gasteiger partial charge in [-0.05, 0) is 23.6 Å². The van der Waals surface area contributed by atoms with Crippen LogP contribution >= 0.6 is 0 Å². The molecule has 0 spiro atoms. The average molecular weight is 378 g/mol. The standard InChI is InChI=1S/C23H26N2O3/c1-15(2)14-25-20(16-10-12-18(13-11-16)24(3)4)19(22(27)23(25)28)21(26)17-8-6-5-7-9-17/h5-13,15,20,26H,14H2,1-4H3/t20-/m1/s1. The minimum atomic E-state index is -0.635. The van der Waals surface area contributed by atoms with Crippen LogP contribution in [-0.4, -0.2) is 42.3 Å². The van der Waals surface area contributed by atoms with Gasteiger partial charge in [-0.15, -0.1) is 0 Å². The third-order valence-electron chi connectivity index (χ3n) is 4.87. The van der Waals surface area contributed by atoms with E-state index in [1.54, 1.807) is 29.2 Å². The van der Waals surface area contributed by atoms with Crippen LogP contribution in [0.2, 0.25) is 0 Å². The Balaban J connectivity index is 2.15. The van der Waals surface area contributed by atoms with Gasteiger partial charge in [0.15, 0.2) is 0 Å². The van der Waals surface area contributed by atoms with Crippen LogP contribution in [0.3, 0.4) is 0 Å². The molecule has 0 aliphatic carbocycles. The molecule has 1 heterocycles. The van der Waals surface area contributed by atoms with E-state index in [4.69, 9.17) is 0 Å². The first-order valence-electron chi connectivity index (χ1n) is 9.42. The van der Waals surface area contributed by atoms with Crippen LogP contribution in [0, 0.1) is 5.92 Å². The monoisotopic (exact) mass is 378 g/mol. The van der Waals surface area contributed by atoms with Crippen molar-refractivity contribution >= 4 is 23.1 Å². The van der Waals surface area contributed by atoms with E-state index in [0.29, 0.717) is 12.1 Å². The maximum absolute atomic E-state index is 12.9. The minimum absolute atomic E-state index is 0.133. The lowest BCUT2D eigenvalue weighted by molar-refractivity contribution is -0.140. The molecular weight excluding hydrogens is 352 g/mol. The van der Waals surface area contributed by atoms with Crippen LogP contribution in [0.1, 0.15) is 31.0 Å². The molecule has 5 heteroatoms. The quantitative estimate of drug-likeness (QED) is 0.488. The number of hydrogen-bond acceptors (Lipinski definition) is 4. The zero-order valence-corrected chi connectivity index (χ0v) is 16.7. The Morgan fingerprint density at radius 1 is 1.04 bits per heavy atom. The van der Waals surface area contributed by atoms with Gasteiger partial charge in [-0.3, -0.25) is 9.59 Å². The number of likely N-dealkylation sites (tertiary alicyclic amines) is 1. The van der Waals surface area contributed by atoms with Crippen molar-refractivity contribution in [2.45, 2.75) is 19.9 Å². The minimum Gasteiger partial charge on any atom is -0.507 e. The Bertz CT molecular complexity index is 899. The van der Waals surface area contributed by atoms with E-state index >= 15 is 0 Å². The fraction of sp³-hybridized carbons (Fsp3) is 0.304. The number of aliphatic hydroxyl groups excluding tert-OH is 1. The molecule has 5 nitrogen and oxygen atoms in total. The molecule has 1 saturated heterocycles. The third-order valence-corrected chi connectivity index (χ3v) is 4.87. The smallest absolute Gasteiger partial charge is 0.295 e. The van der Waals surface area contributed by atoms with Crippen molar-refractivity contribution in [3.8, 4) is 0 Å². The zero-order chi connectivity index (χ0) is 20.4. The van der Waals surface area contributed by atoms with E-state index in [2.05, 4.69) is 0 Å². The first-order chi connectivity index (χ1) is 13.3. The molecule has 28 heavy (non-hydrogen) atoms. The topological polar surface area (TPSA) is 60.9 Å². The summed E-state index contributed by atoms with van der Waals surface area (Å²) in [5, 5.41) is 10.9. The van der Waals surface area contributed by atoms with Gasteiger partial charge in [0.1, 0.15) is 5.76 Å². The van der Waals surface area contributed by atoms with E-state index < -0.39 is 17.7 Å². The highest BCUT2D eigenvalue weighted by atomic mass is 16.3. The molecular formula is C23H26N2O3. The van der Waals surface area contributed by atoms with Gasteiger partial charge in [-0.2, -0.15) is 0 Å². The van der Waals surface area contributed by atoms with Gasteiger partial charge in [0.25, 0.3) is 11.7 Å². The Morgan fingerprint density at radius 3 is 2.18 bits per heavy atom. The molecule has 1 amide bonds. The number of rotatable bonds is 5. The number of aliphatic hydroxyl groups is 1. The number of anilines is 1. The van der Waals surface area contributed by atoms with Crippen molar-refractivity contribution in [1.29, 1.82) is 0 Å². The molecule has 1 fully saturated rings. The molecule has 1 atom stereocenters. The van der Waals surface area contributed by atoms with Crippen LogP contribution in [-0.2, 0) is 9.59 Å². The number of nitrogens with zero attached hydrogens (tertiary/aromatic N) is 2. The number of carbonyl (C=O) groups is 2. The molecule has 146 valence electrons. The Morgan fingerprint density at radius 2 is 1.64 bits per heavy atom. The molecule has 2 aromatic carbocycles. The largest absolute Gasteiger partial charge is 0.507 e. The summed E-state index contributed by atoms with van der Waals surface area (Å²) < 4.78 is 0. The summed E-state index contributed by atoms with van der Waals surface area (Å²) >= 11 is 0. The number of carbonyl (C=O) groups excluding carboxylic acids is 2. The number of Topliss-reactive ketones (excluding diaryl/α,β-unsaturated/α-hetero) is 1. The maximum Gasteiger partial charge on any atom is 0.295 e. The fourth-order valence-corrected chi connectivity index (χ4v) is 3.51. The van der Waals surface area contributed by atoms with Crippen molar-refractivity contribution < 1.29 is 14.7 Å². The molecule has 0 radical (unpaired) electrons. The molecule has 1 N–H and O–H groups in total. The SMILES string of the molecule is CC(C)CN1C(=O)C(=O)C(=C(O)c2ccccc2)[C@H]1c1ccc(N(C)C)cc1. The van der Waals surface area contributed by atoms with Gasteiger partial charge in [0.2, 0.25) is 0 Å². The van der Waals surface area contributed by atoms with E-state index in [1.165, 1.54) is 0 Å². The summed E-state index contributed by atoms with van der Waals surface area (Å²) in [6.45, 7) is 4.45. The van der Waals surface area contributed by atoms with Crippen molar-refractivity contribution in [2.75, 3.05) is 25.5 Å². The number of hydrogen-bond donors (Lipinski definition) is 1. The van der Waals surface area contributed by atoms with Gasteiger partial charge >= 0.3 is 0 Å². The van der Waals surface area contributed by atoms with Crippen molar-refractivity contribution in [1.82, 2.24) is 4.90 Å². The highest BCUT2D eigenvalue weighted by molar-refractivity contribution is 6.46. The molecule has 0 saturated carbocycles. The lowest BCUT2D eigenvalue weighted by Crippen LogP contribution is -2.33. The van der Waals surface area contributed by atoms with Crippen molar-refractivity contribution in [3.63, 3.8) is 0 Å². The molecule has 3 rings (SSSR count). The highest BCUT2D eigenvalue weighted by Gasteiger charge is 2.46. The average Bonchev–Trinajstić information content (AvgIpc) is 2.92. The fourth-order valence-electron chi connectivity index (χ4n) is 3.51. The van der Waals surface area contributed by atoms with Crippen LogP contribution < -0.4 is 4.90 Å². The van der Waals surface area contributed by atoms with Gasteiger partial charge in [-0.25, -0.2) is 0 Å². The first-order valence-corrected chi connectivity index (χ1v) is 9.42. The number of benzene rings is 2. The van der Waals surface area contributed by atoms with Crippen molar-refractivity contribution in [2.24, 2.45) is 5.92 Å². The van der Waals surface area contributed by atoms with Crippen LogP contribution in [0.25, 0.3) is 5.76 Å². The lowest BCUT2D eigenvalue weighted by Gasteiger charge is -2.27. The lowest BCUT2D eigenvalue weighted by atomic mass is 9.95. The second-order valence-corrected chi connectivity index (χ2v) is 7.70. The third kappa shape index (κ3) is 3.65. The Hall–Kier alpha value is -3.08. The number of amides is 1. The second-order valence-electron chi connectivity index (χ2n) is 7.70.